The summed E-state index contributed by atoms with van der Waals surface area (Å²) in [5, 5.41) is 15.0. The Balaban J connectivity index is 2.10. The van der Waals surface area contributed by atoms with Crippen LogP contribution in [-0.2, 0) is 6.54 Å². The Morgan fingerprint density at radius 1 is 1.38 bits per heavy atom. The third-order valence-electron chi connectivity index (χ3n) is 3.11. The number of nitrogens with one attached hydrogen (secondary N) is 1. The number of hydrogen-bond donors (Lipinski definition) is 3. The van der Waals surface area contributed by atoms with Gasteiger partial charge in [-0.05, 0) is 48.4 Å². The van der Waals surface area contributed by atoms with Crippen LogP contribution in [0.25, 0.3) is 0 Å². The molecule has 0 atom stereocenters. The van der Waals surface area contributed by atoms with Crippen LogP contribution < -0.4 is 15.8 Å². The van der Waals surface area contributed by atoms with Crippen LogP contribution in [0, 0.1) is 6.92 Å². The number of aromatic nitrogens is 1. The van der Waals surface area contributed by atoms with E-state index in [4.69, 9.17) is 15.7 Å². The number of benzene rings is 1. The molecule has 0 aliphatic carbocycles. The summed E-state index contributed by atoms with van der Waals surface area (Å²) in [7, 11) is 1.65. The standard InChI is InChI=1S/C15H18N4O2/c1-10-7-12(21-2)3-4-13(10)18-9-11-5-6-17-14(8-11)15(16)19-20/h3-8,18,20H,9H2,1-2H3,(H2,16,19). The highest BCUT2D eigenvalue weighted by atomic mass is 16.5. The van der Waals surface area contributed by atoms with Crippen molar-refractivity contribution < 1.29 is 9.94 Å². The smallest absolute Gasteiger partial charge is 0.188 e. The molecule has 0 bridgehead atoms. The molecule has 1 aromatic heterocycles. The Kier molecular flexibility index (Phi) is 4.61. The van der Waals surface area contributed by atoms with E-state index >= 15 is 0 Å². The molecule has 0 radical (unpaired) electrons. The zero-order valence-electron chi connectivity index (χ0n) is 12.0. The molecule has 0 saturated heterocycles. The molecule has 4 N–H and O–H groups in total. The maximum Gasteiger partial charge on any atom is 0.188 e. The first kappa shape index (κ1) is 14.6. The van der Waals surface area contributed by atoms with Crippen LogP contribution in [-0.4, -0.2) is 23.1 Å². The number of nitrogens with two attached hydrogens (primary N) is 1. The molecule has 0 aliphatic heterocycles. The van der Waals surface area contributed by atoms with Crippen LogP contribution in [0.15, 0.2) is 41.7 Å². The van der Waals surface area contributed by atoms with Gasteiger partial charge in [-0.3, -0.25) is 4.98 Å². The van der Waals surface area contributed by atoms with Gasteiger partial charge in [-0.15, -0.1) is 0 Å². The predicted octanol–water partition coefficient (Wildman–Crippen LogP) is 2.11. The maximum atomic E-state index is 8.67. The van der Waals surface area contributed by atoms with Crippen molar-refractivity contribution in [2.75, 3.05) is 12.4 Å². The van der Waals surface area contributed by atoms with Crippen molar-refractivity contribution in [3.63, 3.8) is 0 Å². The van der Waals surface area contributed by atoms with E-state index in [1.807, 2.05) is 31.2 Å². The lowest BCUT2D eigenvalue weighted by molar-refractivity contribution is 0.318. The van der Waals surface area contributed by atoms with Crippen LogP contribution in [0.3, 0.4) is 0 Å². The Morgan fingerprint density at radius 3 is 2.86 bits per heavy atom. The molecule has 0 saturated carbocycles. The van der Waals surface area contributed by atoms with Crippen LogP contribution in [0.1, 0.15) is 16.8 Å². The number of aryl methyl sites for hydroxylation is 1. The normalized spacial score (nSPS) is 11.2. The van der Waals surface area contributed by atoms with E-state index in [-0.39, 0.29) is 5.84 Å². The highest BCUT2D eigenvalue weighted by molar-refractivity contribution is 5.95. The molecule has 0 aliphatic rings. The Hall–Kier alpha value is -2.76. The fourth-order valence-electron chi connectivity index (χ4n) is 1.93. The monoisotopic (exact) mass is 286 g/mol. The van der Waals surface area contributed by atoms with Crippen molar-refractivity contribution in [1.82, 2.24) is 4.98 Å². The van der Waals surface area contributed by atoms with Crippen LogP contribution in [0.5, 0.6) is 5.75 Å². The van der Waals surface area contributed by atoms with Crippen molar-refractivity contribution >= 4 is 11.5 Å². The van der Waals surface area contributed by atoms with Gasteiger partial charge in [0.2, 0.25) is 0 Å². The zero-order chi connectivity index (χ0) is 15.2. The molecule has 6 nitrogen and oxygen atoms in total. The average molecular weight is 286 g/mol. The number of pyridine rings is 1. The van der Waals surface area contributed by atoms with E-state index in [9.17, 15) is 0 Å². The third-order valence-corrected chi connectivity index (χ3v) is 3.11. The molecular formula is C15H18N4O2. The molecule has 21 heavy (non-hydrogen) atoms. The van der Waals surface area contributed by atoms with Crippen LogP contribution in [0.2, 0.25) is 0 Å². The molecule has 6 heteroatoms. The summed E-state index contributed by atoms with van der Waals surface area (Å²) in [6.07, 6.45) is 1.63. The van der Waals surface area contributed by atoms with E-state index in [1.54, 1.807) is 19.4 Å². The molecule has 2 rings (SSSR count). The SMILES string of the molecule is COc1ccc(NCc2ccnc(C(N)=NO)c2)c(C)c1. The first-order chi connectivity index (χ1) is 10.1. The highest BCUT2D eigenvalue weighted by Gasteiger charge is 2.04. The van der Waals surface area contributed by atoms with Crippen LogP contribution >= 0.6 is 0 Å². The molecule has 2 aromatic rings. The number of anilines is 1. The number of oxime groups is 1. The van der Waals surface area contributed by atoms with Crippen molar-refractivity contribution in [3.8, 4) is 5.75 Å². The average Bonchev–Trinajstić information content (AvgIpc) is 2.53. The topological polar surface area (TPSA) is 92.8 Å². The van der Waals surface area contributed by atoms with Crippen molar-refractivity contribution in [2.24, 2.45) is 10.9 Å². The van der Waals surface area contributed by atoms with Gasteiger partial charge in [0.05, 0.1) is 7.11 Å². The molecule has 110 valence electrons. The zero-order valence-corrected chi connectivity index (χ0v) is 12.0. The van der Waals surface area contributed by atoms with Gasteiger partial charge in [0.15, 0.2) is 5.84 Å². The van der Waals surface area contributed by atoms with Gasteiger partial charge in [-0.1, -0.05) is 5.16 Å². The second-order valence-corrected chi connectivity index (χ2v) is 4.57. The molecule has 0 amide bonds. The van der Waals surface area contributed by atoms with E-state index in [1.165, 1.54) is 0 Å². The van der Waals surface area contributed by atoms with Crippen molar-refractivity contribution in [3.05, 3.63) is 53.3 Å². The highest BCUT2D eigenvalue weighted by Crippen LogP contribution is 2.21. The second kappa shape index (κ2) is 6.60. The Bertz CT molecular complexity index is 656. The van der Waals surface area contributed by atoms with Gasteiger partial charge >= 0.3 is 0 Å². The maximum absolute atomic E-state index is 8.67. The lowest BCUT2D eigenvalue weighted by Crippen LogP contribution is -2.15. The molecule has 1 aromatic carbocycles. The van der Waals surface area contributed by atoms with Gasteiger partial charge < -0.3 is 21.0 Å². The summed E-state index contributed by atoms with van der Waals surface area (Å²) in [5.74, 6) is 0.827. The van der Waals surface area contributed by atoms with Crippen LogP contribution in [0.4, 0.5) is 5.69 Å². The lowest BCUT2D eigenvalue weighted by Gasteiger charge is -2.11. The number of ether oxygens (including phenoxy) is 1. The summed E-state index contributed by atoms with van der Waals surface area (Å²) in [6.45, 7) is 2.63. The van der Waals surface area contributed by atoms with Gasteiger partial charge in [0.1, 0.15) is 11.4 Å². The quantitative estimate of drug-likeness (QED) is 0.339. The fourth-order valence-corrected chi connectivity index (χ4v) is 1.93. The second-order valence-electron chi connectivity index (χ2n) is 4.57. The number of rotatable bonds is 5. The summed E-state index contributed by atoms with van der Waals surface area (Å²) in [5.41, 5.74) is 9.09. The van der Waals surface area contributed by atoms with E-state index in [2.05, 4.69) is 15.5 Å². The minimum atomic E-state index is -0.00234. The van der Waals surface area contributed by atoms with Crippen molar-refractivity contribution in [2.45, 2.75) is 13.5 Å². The van der Waals surface area contributed by atoms with Gasteiger partial charge in [-0.25, -0.2) is 0 Å². The number of hydrogen-bond acceptors (Lipinski definition) is 5. The first-order valence-electron chi connectivity index (χ1n) is 6.45. The number of amidine groups is 1. The third kappa shape index (κ3) is 3.62. The first-order valence-corrected chi connectivity index (χ1v) is 6.45. The predicted molar refractivity (Wildman–Crippen MR) is 81.8 cm³/mol. The van der Waals surface area contributed by atoms with Gasteiger partial charge in [-0.2, -0.15) is 0 Å². The summed E-state index contributed by atoms with van der Waals surface area (Å²) >= 11 is 0. The molecular weight excluding hydrogens is 268 g/mol. The summed E-state index contributed by atoms with van der Waals surface area (Å²) in [6, 6.07) is 9.50. The minimum Gasteiger partial charge on any atom is -0.497 e. The van der Waals surface area contributed by atoms with Gasteiger partial charge in [0.25, 0.3) is 0 Å². The molecule has 0 fully saturated rings. The molecule has 0 unspecified atom stereocenters. The number of nitrogens with zero attached hydrogens (tertiary/aromatic N) is 2. The lowest BCUT2D eigenvalue weighted by atomic mass is 10.1. The summed E-state index contributed by atoms with van der Waals surface area (Å²) in [4.78, 5) is 4.05. The Morgan fingerprint density at radius 2 is 2.19 bits per heavy atom. The van der Waals surface area contributed by atoms with Gasteiger partial charge in [0, 0.05) is 18.4 Å². The largest absolute Gasteiger partial charge is 0.497 e. The summed E-state index contributed by atoms with van der Waals surface area (Å²) < 4.78 is 5.18. The molecule has 1 heterocycles. The van der Waals surface area contributed by atoms with E-state index in [0.29, 0.717) is 12.2 Å². The number of methoxy groups -OCH3 is 1. The van der Waals surface area contributed by atoms with E-state index in [0.717, 1.165) is 22.6 Å². The fraction of sp³-hybridized carbons (Fsp3) is 0.200. The van der Waals surface area contributed by atoms with Crippen molar-refractivity contribution in [1.29, 1.82) is 0 Å². The minimum absolute atomic E-state index is 0.00234. The van der Waals surface area contributed by atoms with E-state index < -0.39 is 0 Å². The Labute approximate surface area is 123 Å². The molecule has 0 spiro atoms.